The van der Waals surface area contributed by atoms with E-state index in [1.807, 2.05) is 7.05 Å². The van der Waals surface area contributed by atoms with Crippen LogP contribution in [-0.2, 0) is 22.4 Å². The van der Waals surface area contributed by atoms with Crippen molar-refractivity contribution < 1.29 is 14.3 Å². The lowest BCUT2D eigenvalue weighted by atomic mass is 9.99. The van der Waals surface area contributed by atoms with Crippen LogP contribution in [0.3, 0.4) is 0 Å². The van der Waals surface area contributed by atoms with Crippen LogP contribution in [0.2, 0.25) is 0 Å². The molecule has 0 spiro atoms. The fraction of sp³-hybridized carbons (Fsp3) is 0.680. The number of fused-ring (bicyclic) bond motifs is 1. The van der Waals surface area contributed by atoms with Crippen LogP contribution in [-0.4, -0.2) is 68.6 Å². The molecule has 3 rings (SSSR count). The summed E-state index contributed by atoms with van der Waals surface area (Å²) in [5.41, 5.74) is 2.42. The van der Waals surface area contributed by atoms with E-state index in [-0.39, 0.29) is 24.4 Å². The summed E-state index contributed by atoms with van der Waals surface area (Å²) in [5.74, 6) is 1.40. The van der Waals surface area contributed by atoms with Crippen molar-refractivity contribution in [2.24, 2.45) is 5.92 Å². The van der Waals surface area contributed by atoms with Crippen LogP contribution in [0.4, 0.5) is 0 Å². The molecular weight excluding hydrogens is 404 g/mol. The van der Waals surface area contributed by atoms with Gasteiger partial charge in [-0.1, -0.05) is 32.0 Å². The second kappa shape index (κ2) is 12.2. The fourth-order valence-electron chi connectivity index (χ4n) is 4.74. The Bertz CT molecular complexity index is 766. The minimum atomic E-state index is -0.148. The molecule has 178 valence electrons. The predicted molar refractivity (Wildman–Crippen MR) is 127 cm³/mol. The third-order valence-corrected chi connectivity index (χ3v) is 6.60. The van der Waals surface area contributed by atoms with Gasteiger partial charge in [0.05, 0.1) is 13.1 Å². The fourth-order valence-corrected chi connectivity index (χ4v) is 4.74. The lowest BCUT2D eigenvalue weighted by molar-refractivity contribution is -0.127. The molecule has 0 bridgehead atoms. The van der Waals surface area contributed by atoms with E-state index in [1.54, 1.807) is 0 Å². The largest absolute Gasteiger partial charge is 0.492 e. The predicted octanol–water partition coefficient (Wildman–Crippen LogP) is 1.89. The van der Waals surface area contributed by atoms with Crippen LogP contribution in [0.25, 0.3) is 0 Å². The van der Waals surface area contributed by atoms with Crippen molar-refractivity contribution in [3.8, 4) is 5.75 Å². The van der Waals surface area contributed by atoms with Gasteiger partial charge in [-0.2, -0.15) is 0 Å². The molecule has 0 radical (unpaired) electrons. The summed E-state index contributed by atoms with van der Waals surface area (Å²) < 4.78 is 6.31. The molecule has 1 saturated carbocycles. The Morgan fingerprint density at radius 3 is 2.62 bits per heavy atom. The zero-order chi connectivity index (χ0) is 22.9. The standard InChI is InChI=1S/C25H40N4O3/c1-4-18-8-6-9-20-10-7-13-26-22(30)16-28-23(31)17-29(3)21(5-2)24(19-11-12-19)27-14-15-32-25(18)20/h6,8-9,19,21,24,27H,4-5,7,10-17H2,1-3H3,(H,26,30)(H,28,31). The minimum absolute atomic E-state index is 0.0213. The topological polar surface area (TPSA) is 82.7 Å². The Kier molecular flexibility index (Phi) is 9.36. The third-order valence-electron chi connectivity index (χ3n) is 6.60. The summed E-state index contributed by atoms with van der Waals surface area (Å²) in [6.45, 7) is 6.62. The number of rotatable bonds is 3. The molecule has 32 heavy (non-hydrogen) atoms. The number of aryl methyl sites for hydroxylation is 2. The monoisotopic (exact) mass is 444 g/mol. The van der Waals surface area contributed by atoms with Gasteiger partial charge in [-0.15, -0.1) is 0 Å². The lowest BCUT2D eigenvalue weighted by Gasteiger charge is -2.34. The van der Waals surface area contributed by atoms with Crippen LogP contribution in [0.15, 0.2) is 18.2 Å². The average molecular weight is 445 g/mol. The summed E-state index contributed by atoms with van der Waals surface area (Å²) in [5, 5.41) is 9.42. The second-order valence-electron chi connectivity index (χ2n) is 9.05. The molecule has 3 N–H and O–H groups in total. The van der Waals surface area contributed by atoms with Crippen molar-refractivity contribution in [2.45, 2.75) is 64.5 Å². The van der Waals surface area contributed by atoms with Gasteiger partial charge in [0.15, 0.2) is 0 Å². The van der Waals surface area contributed by atoms with E-state index in [1.165, 1.54) is 24.0 Å². The molecule has 1 aliphatic carbocycles. The van der Waals surface area contributed by atoms with Gasteiger partial charge in [0.1, 0.15) is 12.4 Å². The quantitative estimate of drug-likeness (QED) is 0.663. The first kappa shape index (κ1) is 24.5. The molecule has 1 aliphatic heterocycles. The van der Waals surface area contributed by atoms with Crippen molar-refractivity contribution in [2.75, 3.05) is 39.8 Å². The van der Waals surface area contributed by atoms with E-state index < -0.39 is 0 Å². The van der Waals surface area contributed by atoms with Gasteiger partial charge < -0.3 is 20.7 Å². The SMILES string of the molecule is CCc1cccc2c1OCCNC(C1CC1)C(CC)N(C)CC(=O)NCC(=O)NCCC2. The highest BCUT2D eigenvalue weighted by Gasteiger charge is 2.37. The number of carbonyl (C=O) groups excluding carboxylic acids is 2. The number of hydrogen-bond donors (Lipinski definition) is 3. The first-order valence-corrected chi connectivity index (χ1v) is 12.2. The highest BCUT2D eigenvalue weighted by Crippen LogP contribution is 2.35. The first-order valence-electron chi connectivity index (χ1n) is 12.2. The van der Waals surface area contributed by atoms with Crippen LogP contribution >= 0.6 is 0 Å². The van der Waals surface area contributed by atoms with E-state index in [9.17, 15) is 9.59 Å². The van der Waals surface area contributed by atoms with E-state index in [0.29, 0.717) is 31.7 Å². The molecule has 7 nitrogen and oxygen atoms in total. The Balaban J connectivity index is 1.74. The number of hydrogen-bond acceptors (Lipinski definition) is 5. The average Bonchev–Trinajstić information content (AvgIpc) is 3.62. The summed E-state index contributed by atoms with van der Waals surface area (Å²) in [7, 11) is 2.00. The first-order chi connectivity index (χ1) is 15.5. The van der Waals surface area contributed by atoms with Crippen molar-refractivity contribution in [1.29, 1.82) is 0 Å². The number of benzene rings is 1. The number of carbonyl (C=O) groups is 2. The van der Waals surface area contributed by atoms with Crippen LogP contribution in [0.5, 0.6) is 5.75 Å². The lowest BCUT2D eigenvalue weighted by Crippen LogP contribution is -2.53. The zero-order valence-corrected chi connectivity index (χ0v) is 19.9. The summed E-state index contributed by atoms with van der Waals surface area (Å²) in [6.07, 6.45) is 6.03. The van der Waals surface area contributed by atoms with Crippen molar-refractivity contribution in [3.05, 3.63) is 29.3 Å². The molecule has 1 aromatic rings. The van der Waals surface area contributed by atoms with Gasteiger partial charge in [-0.05, 0) is 62.6 Å². The summed E-state index contributed by atoms with van der Waals surface area (Å²) >= 11 is 0. The van der Waals surface area contributed by atoms with Gasteiger partial charge in [-0.25, -0.2) is 0 Å². The normalized spacial score (nSPS) is 25.0. The van der Waals surface area contributed by atoms with E-state index >= 15 is 0 Å². The van der Waals surface area contributed by atoms with Gasteiger partial charge >= 0.3 is 0 Å². The van der Waals surface area contributed by atoms with Gasteiger partial charge in [0, 0.05) is 25.2 Å². The highest BCUT2D eigenvalue weighted by atomic mass is 16.5. The smallest absolute Gasteiger partial charge is 0.239 e. The maximum absolute atomic E-state index is 12.4. The van der Waals surface area contributed by atoms with Crippen LogP contribution < -0.4 is 20.7 Å². The molecule has 2 amide bonds. The Hall–Kier alpha value is -2.12. The van der Waals surface area contributed by atoms with Gasteiger partial charge in [-0.3, -0.25) is 14.5 Å². The molecule has 1 aromatic carbocycles. The zero-order valence-electron chi connectivity index (χ0n) is 19.9. The molecule has 2 atom stereocenters. The number of nitrogens with one attached hydrogen (secondary N) is 3. The molecule has 0 saturated heterocycles. The number of amides is 2. The molecule has 0 aromatic heterocycles. The Labute approximate surface area is 192 Å². The summed E-state index contributed by atoms with van der Waals surface area (Å²) in [4.78, 5) is 26.7. The van der Waals surface area contributed by atoms with Crippen molar-refractivity contribution >= 4 is 11.8 Å². The van der Waals surface area contributed by atoms with Gasteiger partial charge in [0.25, 0.3) is 0 Å². The molecule has 7 heteroatoms. The molecule has 1 heterocycles. The Morgan fingerprint density at radius 2 is 1.91 bits per heavy atom. The number of para-hydroxylation sites is 1. The van der Waals surface area contributed by atoms with Crippen molar-refractivity contribution in [3.63, 3.8) is 0 Å². The summed E-state index contributed by atoms with van der Waals surface area (Å²) in [6, 6.07) is 6.95. The maximum Gasteiger partial charge on any atom is 0.239 e. The highest BCUT2D eigenvalue weighted by molar-refractivity contribution is 5.85. The number of ether oxygens (including phenoxy) is 1. The molecule has 2 unspecified atom stereocenters. The van der Waals surface area contributed by atoms with Crippen LogP contribution in [0.1, 0.15) is 50.7 Å². The Morgan fingerprint density at radius 1 is 1.09 bits per heavy atom. The second-order valence-corrected chi connectivity index (χ2v) is 9.05. The van der Waals surface area contributed by atoms with E-state index in [2.05, 4.69) is 52.9 Å². The maximum atomic E-state index is 12.4. The molecular formula is C25H40N4O3. The number of likely N-dealkylation sites (N-methyl/N-ethyl adjacent to an activating group) is 1. The van der Waals surface area contributed by atoms with Gasteiger partial charge in [0.2, 0.25) is 11.8 Å². The van der Waals surface area contributed by atoms with E-state index in [4.69, 9.17) is 4.74 Å². The minimum Gasteiger partial charge on any atom is -0.492 e. The van der Waals surface area contributed by atoms with Crippen molar-refractivity contribution in [1.82, 2.24) is 20.9 Å². The number of nitrogens with zero attached hydrogens (tertiary/aromatic N) is 1. The van der Waals surface area contributed by atoms with Crippen LogP contribution in [0, 0.1) is 5.92 Å². The third kappa shape index (κ3) is 6.94. The van der Waals surface area contributed by atoms with E-state index in [0.717, 1.165) is 38.0 Å². The molecule has 1 fully saturated rings. The molecule has 2 aliphatic rings.